The molecule has 2 aliphatic rings. The van der Waals surface area contributed by atoms with Gasteiger partial charge in [0.05, 0.1) is 0 Å². The van der Waals surface area contributed by atoms with Gasteiger partial charge in [-0.25, -0.2) is 0 Å². The van der Waals surface area contributed by atoms with Gasteiger partial charge in [-0.15, -0.1) is 0 Å². The lowest BCUT2D eigenvalue weighted by Crippen LogP contribution is -2.45. The normalized spacial score (nSPS) is 23.8. The van der Waals surface area contributed by atoms with Crippen molar-refractivity contribution in [3.8, 4) is 0 Å². The summed E-state index contributed by atoms with van der Waals surface area (Å²) in [5.74, 6) is -0.265. The maximum absolute atomic E-state index is 12.5. The van der Waals surface area contributed by atoms with Crippen molar-refractivity contribution in [1.29, 1.82) is 0 Å². The molecule has 2 unspecified atom stereocenters. The number of nitrogens with one attached hydrogen (secondary N) is 1. The smallest absolute Gasteiger partial charge is 0.259 e. The third-order valence-electron chi connectivity index (χ3n) is 5.08. The number of amides is 2. The van der Waals surface area contributed by atoms with E-state index >= 15 is 0 Å². The summed E-state index contributed by atoms with van der Waals surface area (Å²) in [6.07, 6.45) is 5.10. The summed E-state index contributed by atoms with van der Waals surface area (Å²) in [6, 6.07) is 7.26. The second-order valence-electron chi connectivity index (χ2n) is 6.64. The first-order valence-corrected chi connectivity index (χ1v) is 8.62. The summed E-state index contributed by atoms with van der Waals surface area (Å²) in [7, 11) is 0. The molecule has 0 aromatic heterocycles. The number of hydrogen-bond acceptors (Lipinski definition) is 3. The van der Waals surface area contributed by atoms with E-state index in [1.165, 1.54) is 4.90 Å². The SMILES string of the molecule is C=C1c2ccccc2C(=O)N1CC(=O)NC1CCCCCC1CO. The van der Waals surface area contributed by atoms with Crippen LogP contribution in [0.2, 0.25) is 0 Å². The lowest BCUT2D eigenvalue weighted by molar-refractivity contribution is -0.122. The molecule has 1 aliphatic heterocycles. The Bertz CT molecular complexity index is 621. The number of aliphatic hydroxyl groups is 1. The van der Waals surface area contributed by atoms with E-state index in [0.29, 0.717) is 11.3 Å². The molecule has 5 nitrogen and oxygen atoms in total. The van der Waals surface area contributed by atoms with Gasteiger partial charge in [0.25, 0.3) is 5.91 Å². The van der Waals surface area contributed by atoms with Gasteiger partial charge in [0.1, 0.15) is 6.54 Å². The number of aliphatic hydroxyl groups excluding tert-OH is 1. The maximum atomic E-state index is 12.5. The van der Waals surface area contributed by atoms with Gasteiger partial charge in [-0.3, -0.25) is 14.5 Å². The molecule has 1 heterocycles. The summed E-state index contributed by atoms with van der Waals surface area (Å²) in [5, 5.41) is 12.6. The minimum absolute atomic E-state index is 0.0154. The first-order chi connectivity index (χ1) is 11.6. The average Bonchev–Trinajstić information content (AvgIpc) is 2.74. The van der Waals surface area contributed by atoms with Gasteiger partial charge in [-0.05, 0) is 18.9 Å². The van der Waals surface area contributed by atoms with Gasteiger partial charge in [-0.2, -0.15) is 0 Å². The van der Waals surface area contributed by atoms with Gasteiger partial charge in [0.15, 0.2) is 0 Å². The molecule has 5 heteroatoms. The summed E-state index contributed by atoms with van der Waals surface area (Å²) in [5.41, 5.74) is 1.96. The van der Waals surface area contributed by atoms with Gasteiger partial charge in [-0.1, -0.05) is 44.0 Å². The number of nitrogens with zero attached hydrogens (tertiary/aromatic N) is 1. The lowest BCUT2D eigenvalue weighted by atomic mass is 9.95. The highest BCUT2D eigenvalue weighted by molar-refractivity contribution is 6.10. The van der Waals surface area contributed by atoms with Crippen molar-refractivity contribution >= 4 is 17.5 Å². The highest BCUT2D eigenvalue weighted by Gasteiger charge is 2.33. The quantitative estimate of drug-likeness (QED) is 0.832. The van der Waals surface area contributed by atoms with E-state index in [9.17, 15) is 14.7 Å². The molecule has 0 bridgehead atoms. The van der Waals surface area contributed by atoms with Crippen LogP contribution in [0.3, 0.4) is 0 Å². The number of carbonyl (C=O) groups is 2. The van der Waals surface area contributed by atoms with E-state index in [0.717, 1.165) is 37.7 Å². The Balaban J connectivity index is 1.65. The summed E-state index contributed by atoms with van der Waals surface area (Å²) in [4.78, 5) is 26.3. The Morgan fingerprint density at radius 1 is 1.21 bits per heavy atom. The van der Waals surface area contributed by atoms with Crippen LogP contribution in [0.15, 0.2) is 30.8 Å². The molecular weight excluding hydrogens is 304 g/mol. The predicted molar refractivity (Wildman–Crippen MR) is 92.1 cm³/mol. The maximum Gasteiger partial charge on any atom is 0.259 e. The molecule has 2 N–H and O–H groups in total. The number of hydrogen-bond donors (Lipinski definition) is 2. The summed E-state index contributed by atoms with van der Waals surface area (Å²) >= 11 is 0. The van der Waals surface area contributed by atoms with Crippen LogP contribution >= 0.6 is 0 Å². The molecule has 24 heavy (non-hydrogen) atoms. The van der Waals surface area contributed by atoms with Crippen LogP contribution in [-0.2, 0) is 4.79 Å². The van der Waals surface area contributed by atoms with Crippen LogP contribution in [0.5, 0.6) is 0 Å². The van der Waals surface area contributed by atoms with Gasteiger partial charge < -0.3 is 10.4 Å². The largest absolute Gasteiger partial charge is 0.396 e. The zero-order valence-corrected chi connectivity index (χ0v) is 13.8. The Morgan fingerprint density at radius 3 is 2.62 bits per heavy atom. The van der Waals surface area contributed by atoms with Crippen LogP contribution in [0, 0.1) is 5.92 Å². The van der Waals surface area contributed by atoms with Crippen LogP contribution in [0.4, 0.5) is 0 Å². The monoisotopic (exact) mass is 328 g/mol. The number of fused-ring (bicyclic) bond motifs is 1. The molecule has 1 aromatic rings. The fourth-order valence-corrected chi connectivity index (χ4v) is 3.69. The van der Waals surface area contributed by atoms with Crippen LogP contribution in [-0.4, -0.2) is 41.0 Å². The standard InChI is InChI=1S/C19H24N2O3/c1-13-15-8-5-6-9-16(15)19(24)21(13)11-18(23)20-17-10-4-2-3-7-14(17)12-22/h5-6,8-9,14,17,22H,1-4,7,10-12H2,(H,20,23). The number of rotatable bonds is 4. The van der Waals surface area contributed by atoms with Crippen molar-refractivity contribution in [2.75, 3.05) is 13.2 Å². The summed E-state index contributed by atoms with van der Waals surface area (Å²) < 4.78 is 0. The molecular formula is C19H24N2O3. The molecule has 1 saturated carbocycles. The Kier molecular flexibility index (Phi) is 5.00. The first-order valence-electron chi connectivity index (χ1n) is 8.62. The minimum atomic E-state index is -0.192. The zero-order valence-electron chi connectivity index (χ0n) is 13.8. The molecule has 0 saturated heterocycles. The molecule has 128 valence electrons. The molecule has 0 radical (unpaired) electrons. The Labute approximate surface area is 142 Å². The van der Waals surface area contributed by atoms with E-state index in [2.05, 4.69) is 11.9 Å². The first kappa shape index (κ1) is 16.7. The van der Waals surface area contributed by atoms with Gasteiger partial charge in [0, 0.05) is 35.4 Å². The van der Waals surface area contributed by atoms with Crippen LogP contribution < -0.4 is 5.32 Å². The van der Waals surface area contributed by atoms with E-state index in [1.54, 1.807) is 6.07 Å². The van der Waals surface area contributed by atoms with E-state index in [-0.39, 0.29) is 36.9 Å². The van der Waals surface area contributed by atoms with E-state index < -0.39 is 0 Å². The van der Waals surface area contributed by atoms with Crippen molar-refractivity contribution in [3.05, 3.63) is 42.0 Å². The highest BCUT2D eigenvalue weighted by Crippen LogP contribution is 2.31. The highest BCUT2D eigenvalue weighted by atomic mass is 16.3. The molecule has 1 aromatic carbocycles. The Morgan fingerprint density at radius 2 is 1.92 bits per heavy atom. The van der Waals surface area contributed by atoms with Crippen molar-refractivity contribution in [3.63, 3.8) is 0 Å². The number of carbonyl (C=O) groups excluding carboxylic acids is 2. The Hall–Kier alpha value is -2.14. The van der Waals surface area contributed by atoms with E-state index in [1.807, 2.05) is 18.2 Å². The van der Waals surface area contributed by atoms with Gasteiger partial charge in [0.2, 0.25) is 5.91 Å². The van der Waals surface area contributed by atoms with E-state index in [4.69, 9.17) is 0 Å². The van der Waals surface area contributed by atoms with Crippen LogP contribution in [0.25, 0.3) is 5.70 Å². The predicted octanol–water partition coefficient (Wildman–Crippen LogP) is 2.17. The molecule has 2 amide bonds. The zero-order chi connectivity index (χ0) is 17.1. The average molecular weight is 328 g/mol. The molecule has 1 fully saturated rings. The van der Waals surface area contributed by atoms with Gasteiger partial charge >= 0.3 is 0 Å². The fourth-order valence-electron chi connectivity index (χ4n) is 3.69. The molecule has 2 atom stereocenters. The van der Waals surface area contributed by atoms with Crippen molar-refractivity contribution in [2.45, 2.75) is 38.1 Å². The number of benzene rings is 1. The minimum Gasteiger partial charge on any atom is -0.396 e. The summed E-state index contributed by atoms with van der Waals surface area (Å²) in [6.45, 7) is 4.02. The fraction of sp³-hybridized carbons (Fsp3) is 0.474. The lowest BCUT2D eigenvalue weighted by Gasteiger charge is -2.26. The molecule has 3 rings (SSSR count). The van der Waals surface area contributed by atoms with Crippen molar-refractivity contribution in [2.24, 2.45) is 5.92 Å². The van der Waals surface area contributed by atoms with Crippen LogP contribution in [0.1, 0.15) is 48.0 Å². The van der Waals surface area contributed by atoms with Crippen molar-refractivity contribution < 1.29 is 14.7 Å². The third-order valence-corrected chi connectivity index (χ3v) is 5.08. The topological polar surface area (TPSA) is 69.6 Å². The second-order valence-corrected chi connectivity index (χ2v) is 6.64. The third kappa shape index (κ3) is 3.22. The molecule has 1 aliphatic carbocycles. The van der Waals surface area contributed by atoms with Crippen molar-refractivity contribution in [1.82, 2.24) is 10.2 Å². The molecule has 0 spiro atoms. The second kappa shape index (κ2) is 7.18.